The molecule has 0 saturated heterocycles. The first-order valence-electron chi connectivity index (χ1n) is 5.48. The average Bonchev–Trinajstić information content (AvgIpc) is 2.46. The maximum absolute atomic E-state index is 6.08. The van der Waals surface area contributed by atoms with E-state index >= 15 is 0 Å². The van der Waals surface area contributed by atoms with E-state index in [1.54, 1.807) is 7.11 Å². The van der Waals surface area contributed by atoms with Gasteiger partial charge in [-0.25, -0.2) is 0 Å². The van der Waals surface area contributed by atoms with Gasteiger partial charge in [0.1, 0.15) is 5.75 Å². The van der Waals surface area contributed by atoms with Crippen LogP contribution < -0.4 is 10.2 Å². The number of halogens is 1. The lowest BCUT2D eigenvalue weighted by Crippen LogP contribution is -1.96. The number of hydrazone groups is 1. The molecule has 0 aromatic heterocycles. The first kappa shape index (κ1) is 12.5. The molecule has 2 rings (SSSR count). The van der Waals surface area contributed by atoms with Gasteiger partial charge in [-0.1, -0.05) is 41.9 Å². The van der Waals surface area contributed by atoms with Crippen LogP contribution in [0.25, 0.3) is 0 Å². The predicted molar refractivity (Wildman–Crippen MR) is 75.4 cm³/mol. The summed E-state index contributed by atoms with van der Waals surface area (Å²) in [6.45, 7) is 0. The van der Waals surface area contributed by atoms with Crippen LogP contribution in [0, 0.1) is 0 Å². The van der Waals surface area contributed by atoms with Gasteiger partial charge in [-0.2, -0.15) is 5.10 Å². The van der Waals surface area contributed by atoms with Gasteiger partial charge in [0.15, 0.2) is 5.17 Å². The number of anilines is 1. The van der Waals surface area contributed by atoms with E-state index in [0.717, 1.165) is 17.0 Å². The highest BCUT2D eigenvalue weighted by Crippen LogP contribution is 2.15. The van der Waals surface area contributed by atoms with Crippen molar-refractivity contribution in [1.29, 1.82) is 0 Å². The molecule has 0 amide bonds. The van der Waals surface area contributed by atoms with Gasteiger partial charge in [0, 0.05) is 5.56 Å². The smallest absolute Gasteiger partial charge is 0.156 e. The van der Waals surface area contributed by atoms with Gasteiger partial charge in [-0.3, -0.25) is 5.43 Å². The van der Waals surface area contributed by atoms with E-state index in [2.05, 4.69) is 10.5 Å². The van der Waals surface area contributed by atoms with Gasteiger partial charge in [0.05, 0.1) is 12.8 Å². The fraction of sp³-hybridized carbons (Fsp3) is 0.0714. The highest BCUT2D eigenvalue weighted by atomic mass is 35.5. The van der Waals surface area contributed by atoms with Gasteiger partial charge in [-0.05, 0) is 24.3 Å². The Kier molecular flexibility index (Phi) is 4.20. The maximum Gasteiger partial charge on any atom is 0.156 e. The van der Waals surface area contributed by atoms with Crippen molar-refractivity contribution >= 4 is 22.5 Å². The molecule has 3 nitrogen and oxygen atoms in total. The summed E-state index contributed by atoms with van der Waals surface area (Å²) in [7, 11) is 1.63. The van der Waals surface area contributed by atoms with E-state index in [1.807, 2.05) is 54.6 Å². The Morgan fingerprint density at radius 1 is 1.06 bits per heavy atom. The van der Waals surface area contributed by atoms with Gasteiger partial charge < -0.3 is 4.74 Å². The number of ether oxygens (including phenoxy) is 1. The normalized spacial score (nSPS) is 11.1. The number of rotatable bonds is 4. The molecule has 0 saturated carbocycles. The molecule has 0 bridgehead atoms. The Balaban J connectivity index is 2.05. The molecular weight excluding hydrogens is 248 g/mol. The second-order valence-corrected chi connectivity index (χ2v) is 3.97. The molecule has 0 radical (unpaired) electrons. The Bertz CT molecular complexity index is 523. The van der Waals surface area contributed by atoms with Crippen LogP contribution in [-0.2, 0) is 0 Å². The van der Waals surface area contributed by atoms with Crippen molar-refractivity contribution in [2.45, 2.75) is 0 Å². The number of hydrogen-bond acceptors (Lipinski definition) is 3. The molecule has 92 valence electrons. The molecule has 0 aliphatic heterocycles. The first-order valence-corrected chi connectivity index (χ1v) is 5.86. The number of nitrogens with one attached hydrogen (secondary N) is 1. The van der Waals surface area contributed by atoms with E-state index in [4.69, 9.17) is 16.3 Å². The van der Waals surface area contributed by atoms with Gasteiger partial charge >= 0.3 is 0 Å². The summed E-state index contributed by atoms with van der Waals surface area (Å²) in [6, 6.07) is 17.0. The van der Waals surface area contributed by atoms with Crippen LogP contribution in [0.1, 0.15) is 5.56 Å². The lowest BCUT2D eigenvalue weighted by Gasteiger charge is -2.03. The molecule has 0 fully saturated rings. The summed E-state index contributed by atoms with van der Waals surface area (Å²) >= 11 is 6.08. The molecule has 18 heavy (non-hydrogen) atoms. The predicted octanol–water partition coefficient (Wildman–Crippen LogP) is 3.71. The van der Waals surface area contributed by atoms with Crippen molar-refractivity contribution < 1.29 is 4.74 Å². The summed E-state index contributed by atoms with van der Waals surface area (Å²) in [5, 5.41) is 4.53. The Morgan fingerprint density at radius 2 is 1.72 bits per heavy atom. The fourth-order valence-corrected chi connectivity index (χ4v) is 1.59. The SMILES string of the molecule is COc1ccc(N/N=C(\Cl)c2ccccc2)cc1. The number of benzene rings is 2. The topological polar surface area (TPSA) is 33.6 Å². The summed E-state index contributed by atoms with van der Waals surface area (Å²) in [5.74, 6) is 0.804. The monoisotopic (exact) mass is 260 g/mol. The number of nitrogens with zero attached hydrogens (tertiary/aromatic N) is 1. The Morgan fingerprint density at radius 3 is 2.33 bits per heavy atom. The molecule has 2 aromatic carbocycles. The second-order valence-electron chi connectivity index (χ2n) is 3.61. The number of hydrogen-bond donors (Lipinski definition) is 1. The van der Waals surface area contributed by atoms with E-state index in [9.17, 15) is 0 Å². The molecule has 0 unspecified atom stereocenters. The number of methoxy groups -OCH3 is 1. The molecule has 0 aliphatic rings. The van der Waals surface area contributed by atoms with Gasteiger partial charge in [0.25, 0.3) is 0 Å². The maximum atomic E-state index is 6.08. The fourth-order valence-electron chi connectivity index (χ4n) is 1.42. The lowest BCUT2D eigenvalue weighted by molar-refractivity contribution is 0.415. The van der Waals surface area contributed by atoms with Crippen LogP contribution in [0.15, 0.2) is 59.7 Å². The van der Waals surface area contributed by atoms with Crippen molar-refractivity contribution in [3.63, 3.8) is 0 Å². The standard InChI is InChI=1S/C14H13ClN2O/c1-18-13-9-7-12(8-10-13)16-17-14(15)11-5-3-2-4-6-11/h2-10,16H,1H3/b17-14-. The molecule has 0 heterocycles. The summed E-state index contributed by atoms with van der Waals surface area (Å²) in [6.07, 6.45) is 0. The molecule has 0 spiro atoms. The first-order chi connectivity index (χ1) is 8.79. The highest BCUT2D eigenvalue weighted by molar-refractivity contribution is 6.69. The zero-order valence-corrected chi connectivity index (χ0v) is 10.7. The second kappa shape index (κ2) is 6.07. The van der Waals surface area contributed by atoms with Crippen LogP contribution in [0.5, 0.6) is 5.75 Å². The van der Waals surface area contributed by atoms with E-state index in [0.29, 0.717) is 5.17 Å². The van der Waals surface area contributed by atoms with E-state index < -0.39 is 0 Å². The van der Waals surface area contributed by atoms with E-state index in [-0.39, 0.29) is 0 Å². The third kappa shape index (κ3) is 3.25. The van der Waals surface area contributed by atoms with Crippen LogP contribution in [0.3, 0.4) is 0 Å². The molecule has 1 N–H and O–H groups in total. The average molecular weight is 261 g/mol. The third-order valence-corrected chi connectivity index (χ3v) is 2.69. The largest absolute Gasteiger partial charge is 0.497 e. The molecule has 0 aliphatic carbocycles. The Hall–Kier alpha value is -2.00. The van der Waals surface area contributed by atoms with Crippen molar-refractivity contribution in [3.05, 3.63) is 60.2 Å². The van der Waals surface area contributed by atoms with Gasteiger partial charge in [-0.15, -0.1) is 0 Å². The molecular formula is C14H13ClN2O. The molecule has 0 atom stereocenters. The summed E-state index contributed by atoms with van der Waals surface area (Å²) in [4.78, 5) is 0. The minimum absolute atomic E-state index is 0.423. The van der Waals surface area contributed by atoms with Crippen LogP contribution in [0.2, 0.25) is 0 Å². The van der Waals surface area contributed by atoms with Crippen LogP contribution >= 0.6 is 11.6 Å². The van der Waals surface area contributed by atoms with E-state index in [1.165, 1.54) is 0 Å². The zero-order chi connectivity index (χ0) is 12.8. The van der Waals surface area contributed by atoms with Crippen molar-refractivity contribution in [3.8, 4) is 5.75 Å². The van der Waals surface area contributed by atoms with Crippen molar-refractivity contribution in [2.24, 2.45) is 5.10 Å². The van der Waals surface area contributed by atoms with Crippen LogP contribution in [0.4, 0.5) is 5.69 Å². The van der Waals surface area contributed by atoms with Crippen molar-refractivity contribution in [2.75, 3.05) is 12.5 Å². The summed E-state index contributed by atoms with van der Waals surface area (Å²) in [5.41, 5.74) is 4.62. The Labute approximate surface area is 111 Å². The highest BCUT2D eigenvalue weighted by Gasteiger charge is 1.98. The minimum atomic E-state index is 0.423. The third-order valence-electron chi connectivity index (χ3n) is 2.39. The summed E-state index contributed by atoms with van der Waals surface area (Å²) < 4.78 is 5.07. The quantitative estimate of drug-likeness (QED) is 0.672. The van der Waals surface area contributed by atoms with Crippen LogP contribution in [-0.4, -0.2) is 12.3 Å². The molecule has 4 heteroatoms. The lowest BCUT2D eigenvalue weighted by atomic mass is 10.2. The van der Waals surface area contributed by atoms with Gasteiger partial charge in [0.2, 0.25) is 0 Å². The van der Waals surface area contributed by atoms with Crippen molar-refractivity contribution in [1.82, 2.24) is 0 Å². The zero-order valence-electron chi connectivity index (χ0n) is 9.93. The molecule has 2 aromatic rings. The minimum Gasteiger partial charge on any atom is -0.497 e.